The molecule has 1 saturated heterocycles. The Kier molecular flexibility index (Phi) is 10.4. The van der Waals surface area contributed by atoms with E-state index >= 15 is 0 Å². The van der Waals surface area contributed by atoms with Gasteiger partial charge in [0.25, 0.3) is 0 Å². The van der Waals surface area contributed by atoms with Gasteiger partial charge in [-0.25, -0.2) is 0 Å². The summed E-state index contributed by atoms with van der Waals surface area (Å²) in [6, 6.07) is 0. The second kappa shape index (κ2) is 12.2. The number of nitrogens with one attached hydrogen (secondary N) is 1. The van der Waals surface area contributed by atoms with Gasteiger partial charge in [0.1, 0.15) is 0 Å². The number of hydrogen-bond acceptors (Lipinski definition) is 3. The van der Waals surface area contributed by atoms with Crippen molar-refractivity contribution in [2.24, 2.45) is 22.4 Å². The summed E-state index contributed by atoms with van der Waals surface area (Å²) >= 11 is 0. The van der Waals surface area contributed by atoms with Crippen LogP contribution in [0.15, 0.2) is 4.99 Å². The molecular formula is C17H35N5O. The molecular weight excluding hydrogens is 290 g/mol. The van der Waals surface area contributed by atoms with E-state index in [4.69, 9.17) is 11.5 Å². The van der Waals surface area contributed by atoms with Crippen LogP contribution < -0.4 is 16.8 Å². The third kappa shape index (κ3) is 9.43. The van der Waals surface area contributed by atoms with Crippen molar-refractivity contribution in [3.05, 3.63) is 0 Å². The zero-order valence-electron chi connectivity index (χ0n) is 14.7. The smallest absolute Gasteiger partial charge is 0.220 e. The quantitative estimate of drug-likeness (QED) is 0.304. The molecule has 0 radical (unpaired) electrons. The van der Waals surface area contributed by atoms with E-state index in [1.807, 2.05) is 0 Å². The average molecular weight is 326 g/mol. The lowest BCUT2D eigenvalue weighted by molar-refractivity contribution is -0.123. The molecule has 1 aliphatic heterocycles. The van der Waals surface area contributed by atoms with Crippen molar-refractivity contribution in [1.82, 2.24) is 10.2 Å². The van der Waals surface area contributed by atoms with E-state index in [1.165, 1.54) is 19.3 Å². The van der Waals surface area contributed by atoms with Crippen LogP contribution in [0.3, 0.4) is 0 Å². The van der Waals surface area contributed by atoms with Gasteiger partial charge >= 0.3 is 0 Å². The summed E-state index contributed by atoms with van der Waals surface area (Å²) in [6.45, 7) is 6.97. The monoisotopic (exact) mass is 325 g/mol. The molecule has 0 saturated carbocycles. The van der Waals surface area contributed by atoms with Crippen LogP contribution in [-0.2, 0) is 4.79 Å². The summed E-state index contributed by atoms with van der Waals surface area (Å²) in [5.41, 5.74) is 11.2. The fourth-order valence-corrected chi connectivity index (χ4v) is 2.91. The number of carbonyl (C=O) groups is 1. The van der Waals surface area contributed by atoms with Crippen LogP contribution in [0.1, 0.15) is 58.3 Å². The first-order chi connectivity index (χ1) is 11.1. The lowest BCUT2D eigenvalue weighted by Gasteiger charge is -2.30. The predicted molar refractivity (Wildman–Crippen MR) is 96.2 cm³/mol. The highest BCUT2D eigenvalue weighted by atomic mass is 16.1. The number of carbonyl (C=O) groups excluding carboxylic acids is 1. The molecule has 1 heterocycles. The van der Waals surface area contributed by atoms with Gasteiger partial charge in [-0.05, 0) is 51.7 Å². The molecule has 0 spiro atoms. The summed E-state index contributed by atoms with van der Waals surface area (Å²) in [5, 5.41) is 3.18. The Morgan fingerprint density at radius 2 is 1.87 bits per heavy atom. The Labute approximate surface area is 141 Å². The minimum Gasteiger partial charge on any atom is -0.370 e. The average Bonchev–Trinajstić information content (AvgIpc) is 2.54. The van der Waals surface area contributed by atoms with Crippen molar-refractivity contribution in [2.45, 2.75) is 58.3 Å². The zero-order valence-corrected chi connectivity index (χ0v) is 14.7. The Morgan fingerprint density at radius 3 is 2.52 bits per heavy atom. The number of guanidine groups is 1. The lowest BCUT2D eigenvalue weighted by atomic mass is 9.96. The van der Waals surface area contributed by atoms with E-state index < -0.39 is 0 Å². The van der Waals surface area contributed by atoms with E-state index in [2.05, 4.69) is 22.1 Å². The zero-order chi connectivity index (χ0) is 16.9. The Morgan fingerprint density at radius 1 is 1.13 bits per heavy atom. The molecule has 134 valence electrons. The summed E-state index contributed by atoms with van der Waals surface area (Å²) in [4.78, 5) is 17.9. The number of primary amides is 1. The topological polar surface area (TPSA) is 96.7 Å². The van der Waals surface area contributed by atoms with Crippen LogP contribution in [0.25, 0.3) is 0 Å². The highest BCUT2D eigenvalue weighted by molar-refractivity contribution is 5.77. The van der Waals surface area contributed by atoms with Gasteiger partial charge in [0.05, 0.1) is 0 Å². The molecule has 0 bridgehead atoms. The van der Waals surface area contributed by atoms with Crippen molar-refractivity contribution in [3.8, 4) is 0 Å². The highest BCUT2D eigenvalue weighted by Crippen LogP contribution is 2.16. The molecule has 6 nitrogen and oxygen atoms in total. The maximum Gasteiger partial charge on any atom is 0.220 e. The van der Waals surface area contributed by atoms with E-state index in [0.717, 1.165) is 64.8 Å². The molecule has 1 rings (SSSR count). The van der Waals surface area contributed by atoms with Gasteiger partial charge in [0.2, 0.25) is 5.91 Å². The number of nitrogens with two attached hydrogens (primary N) is 2. The van der Waals surface area contributed by atoms with Gasteiger partial charge in [-0.15, -0.1) is 0 Å². The van der Waals surface area contributed by atoms with Crippen molar-refractivity contribution >= 4 is 11.9 Å². The summed E-state index contributed by atoms with van der Waals surface area (Å²) < 4.78 is 0. The number of unbranched alkanes of at least 4 members (excludes halogenated alkanes) is 4. The minimum atomic E-state index is -0.140. The standard InChI is InChI=1S/C17H35N5O/c1-2-3-4-5-10-20-17(19)21-11-6-7-12-22-13-8-15(9-14-22)16(18)23/h15H,2-14H2,1H3,(H2,18,23)(H3,19,20,21). The van der Waals surface area contributed by atoms with Crippen LogP contribution in [0.2, 0.25) is 0 Å². The number of rotatable bonds is 11. The van der Waals surface area contributed by atoms with E-state index in [0.29, 0.717) is 5.96 Å². The van der Waals surface area contributed by atoms with Gasteiger partial charge in [-0.1, -0.05) is 26.2 Å². The number of aliphatic imine (C=N–C) groups is 1. The number of nitrogens with zero attached hydrogens (tertiary/aromatic N) is 2. The normalized spacial score (nSPS) is 17.3. The van der Waals surface area contributed by atoms with E-state index in [-0.39, 0.29) is 11.8 Å². The molecule has 0 atom stereocenters. The third-order valence-electron chi connectivity index (χ3n) is 4.49. The number of amides is 1. The minimum absolute atomic E-state index is 0.0845. The Balaban J connectivity index is 1.97. The summed E-state index contributed by atoms with van der Waals surface area (Å²) in [6.07, 6.45) is 8.92. The van der Waals surface area contributed by atoms with Crippen molar-refractivity contribution in [3.63, 3.8) is 0 Å². The molecule has 0 aromatic heterocycles. The Bertz CT molecular complexity index is 351. The number of hydrogen-bond donors (Lipinski definition) is 3. The molecule has 1 fully saturated rings. The first-order valence-electron chi connectivity index (χ1n) is 9.19. The first kappa shape index (κ1) is 19.7. The number of piperidine rings is 1. The number of likely N-dealkylation sites (tertiary alicyclic amines) is 1. The van der Waals surface area contributed by atoms with Gasteiger partial charge in [0.15, 0.2) is 5.96 Å². The molecule has 6 heteroatoms. The molecule has 23 heavy (non-hydrogen) atoms. The van der Waals surface area contributed by atoms with Crippen LogP contribution >= 0.6 is 0 Å². The van der Waals surface area contributed by atoms with Crippen LogP contribution in [-0.4, -0.2) is 49.5 Å². The maximum absolute atomic E-state index is 11.1. The largest absolute Gasteiger partial charge is 0.370 e. The SMILES string of the molecule is CCCCCCN=C(N)NCCCCN1CCC(C(N)=O)CC1. The molecule has 1 aliphatic rings. The van der Waals surface area contributed by atoms with Crippen molar-refractivity contribution < 1.29 is 4.79 Å². The van der Waals surface area contributed by atoms with Crippen LogP contribution in [0.5, 0.6) is 0 Å². The van der Waals surface area contributed by atoms with E-state index in [9.17, 15) is 4.79 Å². The molecule has 5 N–H and O–H groups in total. The third-order valence-corrected chi connectivity index (χ3v) is 4.49. The maximum atomic E-state index is 11.1. The van der Waals surface area contributed by atoms with Crippen molar-refractivity contribution in [1.29, 1.82) is 0 Å². The highest BCUT2D eigenvalue weighted by Gasteiger charge is 2.22. The Hall–Kier alpha value is -1.30. The lowest BCUT2D eigenvalue weighted by Crippen LogP contribution is -2.39. The molecule has 0 aromatic carbocycles. The fourth-order valence-electron chi connectivity index (χ4n) is 2.91. The molecule has 0 aromatic rings. The molecule has 0 unspecified atom stereocenters. The van der Waals surface area contributed by atoms with Crippen LogP contribution in [0.4, 0.5) is 0 Å². The van der Waals surface area contributed by atoms with Gasteiger partial charge in [-0.3, -0.25) is 9.79 Å². The van der Waals surface area contributed by atoms with Crippen molar-refractivity contribution in [2.75, 3.05) is 32.7 Å². The fraction of sp³-hybridized carbons (Fsp3) is 0.882. The summed E-state index contributed by atoms with van der Waals surface area (Å²) in [5.74, 6) is 0.517. The second-order valence-corrected chi connectivity index (χ2v) is 6.48. The molecule has 0 aliphatic carbocycles. The second-order valence-electron chi connectivity index (χ2n) is 6.48. The van der Waals surface area contributed by atoms with Gasteiger partial charge in [-0.2, -0.15) is 0 Å². The van der Waals surface area contributed by atoms with Gasteiger partial charge in [0, 0.05) is 19.0 Å². The predicted octanol–water partition coefficient (Wildman–Crippen LogP) is 1.45. The van der Waals surface area contributed by atoms with Crippen LogP contribution in [0, 0.1) is 5.92 Å². The van der Waals surface area contributed by atoms with Gasteiger partial charge < -0.3 is 21.7 Å². The summed E-state index contributed by atoms with van der Waals surface area (Å²) in [7, 11) is 0. The molecule has 1 amide bonds. The van der Waals surface area contributed by atoms with E-state index in [1.54, 1.807) is 0 Å². The first-order valence-corrected chi connectivity index (χ1v) is 9.19.